The fourth-order valence-electron chi connectivity index (χ4n) is 2.04. The molecule has 0 spiro atoms. The molecule has 20 heavy (non-hydrogen) atoms. The minimum absolute atomic E-state index is 0. The van der Waals surface area contributed by atoms with Crippen LogP contribution in [-0.4, -0.2) is 27.6 Å². The minimum Gasteiger partial charge on any atom is -0.319 e. The quantitative estimate of drug-likeness (QED) is 0.785. The van der Waals surface area contributed by atoms with Gasteiger partial charge in [0.25, 0.3) is 5.91 Å². The van der Waals surface area contributed by atoms with Crippen molar-refractivity contribution in [1.82, 2.24) is 20.5 Å². The number of nitrogens with one attached hydrogen (secondary N) is 3. The Balaban J connectivity index is 0.000001000. The second kappa shape index (κ2) is 7.23. The van der Waals surface area contributed by atoms with Crippen molar-refractivity contribution in [3.63, 3.8) is 0 Å². The molecule has 1 aliphatic heterocycles. The maximum Gasteiger partial charge on any atom is 0.276 e. The predicted octanol–water partition coefficient (Wildman–Crippen LogP) is 1.55. The van der Waals surface area contributed by atoms with Crippen molar-refractivity contribution in [3.05, 3.63) is 41.5 Å². The highest BCUT2D eigenvalue weighted by molar-refractivity contribution is 6.03. The lowest BCUT2D eigenvalue weighted by Gasteiger charge is -2.12. The summed E-state index contributed by atoms with van der Waals surface area (Å²) in [6.07, 6.45) is 4.15. The Hall–Kier alpha value is -1.63. The lowest BCUT2D eigenvalue weighted by molar-refractivity contribution is 0.102. The van der Waals surface area contributed by atoms with Gasteiger partial charge in [-0.05, 0) is 12.1 Å². The van der Waals surface area contributed by atoms with Crippen LogP contribution in [0.4, 0.5) is 5.69 Å². The van der Waals surface area contributed by atoms with Crippen molar-refractivity contribution in [2.75, 3.05) is 11.9 Å². The number of carbonyl (C=O) groups is 1. The van der Waals surface area contributed by atoms with Crippen molar-refractivity contribution in [3.8, 4) is 0 Å². The molecule has 0 saturated heterocycles. The second-order valence-corrected chi connectivity index (χ2v) is 4.15. The molecule has 3 rings (SSSR count). The van der Waals surface area contributed by atoms with Gasteiger partial charge in [-0.1, -0.05) is 0 Å². The summed E-state index contributed by atoms with van der Waals surface area (Å²) in [6, 6.07) is 3.57. The zero-order valence-corrected chi connectivity index (χ0v) is 12.2. The maximum absolute atomic E-state index is 12.1. The molecule has 8 heteroatoms. The first-order chi connectivity index (χ1) is 8.84. The number of hydrogen-bond acceptors (Lipinski definition) is 4. The van der Waals surface area contributed by atoms with Gasteiger partial charge in [0.2, 0.25) is 0 Å². The van der Waals surface area contributed by atoms with Crippen LogP contribution < -0.4 is 10.6 Å². The minimum atomic E-state index is -0.204. The number of nitrogens with zero attached hydrogens (tertiary/aromatic N) is 2. The van der Waals surface area contributed by atoms with Gasteiger partial charge in [0, 0.05) is 37.0 Å². The van der Waals surface area contributed by atoms with Crippen LogP contribution >= 0.6 is 24.8 Å². The van der Waals surface area contributed by atoms with Gasteiger partial charge in [-0.15, -0.1) is 24.8 Å². The van der Waals surface area contributed by atoms with Crippen LogP contribution in [0.2, 0.25) is 0 Å². The third-order valence-corrected chi connectivity index (χ3v) is 2.94. The van der Waals surface area contributed by atoms with Crippen LogP contribution in [0.25, 0.3) is 0 Å². The Labute approximate surface area is 128 Å². The van der Waals surface area contributed by atoms with Crippen molar-refractivity contribution in [2.24, 2.45) is 0 Å². The number of pyridine rings is 1. The van der Waals surface area contributed by atoms with E-state index in [1.807, 2.05) is 0 Å². The van der Waals surface area contributed by atoms with E-state index in [4.69, 9.17) is 0 Å². The third kappa shape index (κ3) is 3.27. The van der Waals surface area contributed by atoms with E-state index >= 15 is 0 Å². The molecule has 108 valence electrons. The molecule has 0 atom stereocenters. The van der Waals surface area contributed by atoms with Crippen LogP contribution in [-0.2, 0) is 13.0 Å². The first-order valence-electron chi connectivity index (χ1n) is 5.83. The number of fused-ring (bicyclic) bond motifs is 1. The smallest absolute Gasteiger partial charge is 0.276 e. The molecule has 0 aliphatic carbocycles. The molecule has 0 aromatic carbocycles. The summed E-state index contributed by atoms with van der Waals surface area (Å²) >= 11 is 0. The first-order valence-corrected chi connectivity index (χ1v) is 5.83. The number of hydrogen-bond donors (Lipinski definition) is 3. The van der Waals surface area contributed by atoms with Crippen LogP contribution in [0.3, 0.4) is 0 Å². The summed E-state index contributed by atoms with van der Waals surface area (Å²) < 4.78 is 0. The highest BCUT2D eigenvalue weighted by atomic mass is 35.5. The maximum atomic E-state index is 12.1. The molecule has 1 aliphatic rings. The zero-order valence-electron chi connectivity index (χ0n) is 10.5. The summed E-state index contributed by atoms with van der Waals surface area (Å²) in [6.45, 7) is 1.60. The molecule has 0 unspecified atom stereocenters. The molecule has 0 bridgehead atoms. The van der Waals surface area contributed by atoms with E-state index in [0.717, 1.165) is 24.2 Å². The average molecular weight is 316 g/mol. The van der Waals surface area contributed by atoms with E-state index in [1.54, 1.807) is 24.5 Å². The lowest BCUT2D eigenvalue weighted by Crippen LogP contribution is -2.25. The molecule has 1 amide bonds. The monoisotopic (exact) mass is 315 g/mol. The van der Waals surface area contributed by atoms with Gasteiger partial charge in [0.05, 0.1) is 11.9 Å². The summed E-state index contributed by atoms with van der Waals surface area (Å²) in [5.41, 5.74) is 3.14. The summed E-state index contributed by atoms with van der Waals surface area (Å²) in [5, 5.41) is 13.0. The van der Waals surface area contributed by atoms with Gasteiger partial charge in [-0.3, -0.25) is 14.9 Å². The third-order valence-electron chi connectivity index (χ3n) is 2.94. The van der Waals surface area contributed by atoms with Gasteiger partial charge in [0.15, 0.2) is 5.69 Å². The lowest BCUT2D eigenvalue weighted by atomic mass is 10.1. The van der Waals surface area contributed by atoms with Crippen LogP contribution in [0.1, 0.15) is 21.7 Å². The topological polar surface area (TPSA) is 82.7 Å². The number of anilines is 1. The molecular formula is C12H15Cl2N5O. The number of aromatic amines is 1. The summed E-state index contributed by atoms with van der Waals surface area (Å²) in [4.78, 5) is 16.0. The van der Waals surface area contributed by atoms with E-state index in [2.05, 4.69) is 25.8 Å². The van der Waals surface area contributed by atoms with Gasteiger partial charge >= 0.3 is 0 Å². The number of halogens is 2. The van der Waals surface area contributed by atoms with E-state index in [1.165, 1.54) is 0 Å². The predicted molar refractivity (Wildman–Crippen MR) is 80.7 cm³/mol. The van der Waals surface area contributed by atoms with Crippen molar-refractivity contribution in [2.45, 2.75) is 13.0 Å². The van der Waals surface area contributed by atoms with Gasteiger partial charge in [-0.2, -0.15) is 5.10 Å². The number of aromatic nitrogens is 3. The van der Waals surface area contributed by atoms with Crippen molar-refractivity contribution >= 4 is 36.4 Å². The normalized spacial score (nSPS) is 12.6. The average Bonchev–Trinajstić information content (AvgIpc) is 2.84. The van der Waals surface area contributed by atoms with Gasteiger partial charge in [0.1, 0.15) is 0 Å². The molecule has 2 aromatic rings. The van der Waals surface area contributed by atoms with Crippen LogP contribution in [0.15, 0.2) is 24.5 Å². The Morgan fingerprint density at radius 1 is 1.35 bits per heavy atom. The van der Waals surface area contributed by atoms with Crippen molar-refractivity contribution in [1.29, 1.82) is 0 Å². The fraction of sp³-hybridized carbons (Fsp3) is 0.250. The Bertz CT molecular complexity index is 572. The van der Waals surface area contributed by atoms with Crippen molar-refractivity contribution < 1.29 is 4.79 Å². The number of amides is 1. The SMILES string of the molecule is Cl.Cl.O=C(Nc1cccnc1)c1n[nH]c2c1CNCC2. The van der Waals surface area contributed by atoms with E-state index in [0.29, 0.717) is 17.9 Å². The Morgan fingerprint density at radius 2 is 2.20 bits per heavy atom. The number of carbonyl (C=O) groups excluding carboxylic acids is 1. The summed E-state index contributed by atoms with van der Waals surface area (Å²) in [7, 11) is 0. The first kappa shape index (κ1) is 16.4. The molecule has 2 aromatic heterocycles. The van der Waals surface area contributed by atoms with E-state index in [-0.39, 0.29) is 30.7 Å². The second-order valence-electron chi connectivity index (χ2n) is 4.15. The Kier molecular flexibility index (Phi) is 5.94. The Morgan fingerprint density at radius 3 is 2.95 bits per heavy atom. The molecule has 3 N–H and O–H groups in total. The van der Waals surface area contributed by atoms with Gasteiger partial charge in [-0.25, -0.2) is 0 Å². The van der Waals surface area contributed by atoms with E-state index < -0.39 is 0 Å². The molecule has 6 nitrogen and oxygen atoms in total. The molecule has 0 fully saturated rings. The van der Waals surface area contributed by atoms with Crippen LogP contribution in [0, 0.1) is 0 Å². The molecule has 0 radical (unpaired) electrons. The number of H-pyrrole nitrogens is 1. The molecule has 3 heterocycles. The fourth-order valence-corrected chi connectivity index (χ4v) is 2.04. The molecule has 0 saturated carbocycles. The number of rotatable bonds is 2. The highest BCUT2D eigenvalue weighted by Crippen LogP contribution is 2.16. The standard InChI is InChI=1S/C12H13N5O.2ClH/c18-12(15-8-2-1-4-13-6-8)11-9-7-14-5-3-10(9)16-17-11;;/h1-2,4,6,14H,3,5,7H2,(H,15,18)(H,16,17);2*1H. The zero-order chi connectivity index (χ0) is 12.4. The van der Waals surface area contributed by atoms with Gasteiger partial charge < -0.3 is 10.6 Å². The van der Waals surface area contributed by atoms with Crippen LogP contribution in [0.5, 0.6) is 0 Å². The largest absolute Gasteiger partial charge is 0.319 e. The summed E-state index contributed by atoms with van der Waals surface area (Å²) in [5.74, 6) is -0.204. The van der Waals surface area contributed by atoms with E-state index in [9.17, 15) is 4.79 Å². The highest BCUT2D eigenvalue weighted by Gasteiger charge is 2.21. The molecular weight excluding hydrogens is 301 g/mol.